The Morgan fingerprint density at radius 2 is 0.765 bits per heavy atom. The van der Waals surface area contributed by atoms with E-state index < -0.39 is 8.07 Å². The van der Waals surface area contributed by atoms with Crippen molar-refractivity contribution in [1.29, 1.82) is 0 Å². The Kier molecular flexibility index (Phi) is 6.72. The van der Waals surface area contributed by atoms with Gasteiger partial charge in [0.25, 0.3) is 0 Å². The molecule has 0 fully saturated rings. The molecule has 0 atom stereocenters. The zero-order valence-corrected chi connectivity index (χ0v) is 28.8. The van der Waals surface area contributed by atoms with Gasteiger partial charge in [-0.1, -0.05) is 115 Å². The largest absolute Gasteiger partial charge is 0.240 e. The van der Waals surface area contributed by atoms with Crippen LogP contribution < -0.4 is 40.8 Å². The normalized spacial score (nSPS) is 15.3. The maximum absolute atomic E-state index is 2.71. The summed E-state index contributed by atoms with van der Waals surface area (Å²) in [6, 6.07) is 57.8. The molecule has 0 bridgehead atoms. The highest BCUT2D eigenvalue weighted by Gasteiger charge is 2.43. The predicted octanol–water partition coefficient (Wildman–Crippen LogP) is 7.33. The predicted molar refractivity (Wildman–Crippen MR) is 212 cm³/mol. The van der Waals surface area contributed by atoms with Gasteiger partial charge in [0.2, 0.25) is 0 Å². The molecular weight excluding hydrogens is 641 g/mol. The van der Waals surface area contributed by atoms with Crippen molar-refractivity contribution < 1.29 is 0 Å². The molecule has 7 heteroatoms. The third kappa shape index (κ3) is 4.42. The molecule has 6 aromatic rings. The molecule has 0 unspecified atom stereocenters. The number of anilines is 6. The number of para-hydroxylation sites is 2. The van der Waals surface area contributed by atoms with E-state index in [1.165, 1.54) is 20.7 Å². The van der Waals surface area contributed by atoms with Crippen molar-refractivity contribution in [2.24, 2.45) is 0 Å². The minimum atomic E-state index is -2.71. The molecule has 10 rings (SSSR count). The lowest BCUT2D eigenvalue weighted by Gasteiger charge is -2.37. The van der Waals surface area contributed by atoms with Gasteiger partial charge in [-0.15, -0.1) is 0 Å². The quantitative estimate of drug-likeness (QED) is 0.135. The fourth-order valence-corrected chi connectivity index (χ4v) is 12.8. The van der Waals surface area contributed by atoms with Gasteiger partial charge in [0, 0.05) is 24.8 Å². The number of benzene rings is 6. The first-order valence-corrected chi connectivity index (χ1v) is 19.3. The summed E-state index contributed by atoms with van der Waals surface area (Å²) < 4.78 is 0. The third-order valence-corrected chi connectivity index (χ3v) is 14.9. The Labute approximate surface area is 299 Å². The summed E-state index contributed by atoms with van der Waals surface area (Å²) in [6.07, 6.45) is 16.8. The van der Waals surface area contributed by atoms with Crippen LogP contribution >= 0.6 is 0 Å². The monoisotopic (exact) mass is 674 g/mol. The molecule has 0 radical (unpaired) electrons. The maximum atomic E-state index is 2.42. The van der Waals surface area contributed by atoms with Gasteiger partial charge in [-0.2, -0.15) is 10.2 Å². The van der Waals surface area contributed by atoms with Gasteiger partial charge in [0.15, 0.2) is 8.07 Å². The number of hydrogen-bond donors (Lipinski definition) is 0. The molecule has 0 aromatic heterocycles. The molecule has 4 aliphatic heterocycles. The van der Waals surface area contributed by atoms with Crippen molar-refractivity contribution in [2.75, 3.05) is 20.0 Å². The molecule has 4 aliphatic rings. The molecule has 0 saturated carbocycles. The van der Waals surface area contributed by atoms with Crippen molar-refractivity contribution in [1.82, 2.24) is 10.2 Å². The van der Waals surface area contributed by atoms with Crippen molar-refractivity contribution >= 4 is 62.9 Å². The number of allylic oxidation sites excluding steroid dienone is 4. The Morgan fingerprint density at radius 3 is 1.35 bits per heavy atom. The second-order valence-corrected chi connectivity index (χ2v) is 16.7. The maximum Gasteiger partial charge on any atom is 0.179 e. The average molecular weight is 675 g/mol. The smallest absolute Gasteiger partial charge is 0.179 e. The average Bonchev–Trinajstić information content (AvgIpc) is 3.72. The zero-order chi connectivity index (χ0) is 33.8. The Morgan fingerprint density at radius 1 is 0.314 bits per heavy atom. The third-order valence-electron chi connectivity index (χ3n) is 10.1. The summed E-state index contributed by atoms with van der Waals surface area (Å²) in [5.41, 5.74) is 6.66. The molecule has 6 nitrogen and oxygen atoms in total. The van der Waals surface area contributed by atoms with Gasteiger partial charge in [-0.25, -0.2) is 20.0 Å². The molecule has 0 aliphatic carbocycles. The van der Waals surface area contributed by atoms with Crippen LogP contribution in [0.5, 0.6) is 0 Å². The highest BCUT2D eigenvalue weighted by molar-refractivity contribution is 7.19. The van der Waals surface area contributed by atoms with Crippen LogP contribution in [0, 0.1) is 0 Å². The van der Waals surface area contributed by atoms with Crippen LogP contribution in [-0.4, -0.2) is 18.3 Å². The van der Waals surface area contributed by atoms with Gasteiger partial charge >= 0.3 is 0 Å². The standard InChI is InChI=1S/C44H34N6Si/c1-4-18-37(19-5-1)51(38-20-6-2-7-21-38,39-22-8-3-9-23-39)40-24-16-17-35(33-40)49-43-28-27-36(34-44(43)46-30-13-15-32-48(46)49)50-42-26-11-10-25-41(42)45-29-12-14-31-47(45)50/h1-34H. The van der Waals surface area contributed by atoms with E-state index in [2.05, 4.69) is 237 Å². The van der Waals surface area contributed by atoms with Crippen molar-refractivity contribution in [3.8, 4) is 0 Å². The first-order chi connectivity index (χ1) is 25.3. The summed E-state index contributed by atoms with van der Waals surface area (Å²) in [5, 5.41) is 18.8. The van der Waals surface area contributed by atoms with Gasteiger partial charge in [0.1, 0.15) is 0 Å². The number of nitrogens with zero attached hydrogens (tertiary/aromatic N) is 6. The van der Waals surface area contributed by atoms with Crippen molar-refractivity contribution in [2.45, 2.75) is 0 Å². The fraction of sp³-hybridized carbons (Fsp3) is 0. The molecule has 0 amide bonds. The van der Waals surface area contributed by atoms with Crippen LogP contribution in [0.2, 0.25) is 0 Å². The molecule has 6 aromatic carbocycles. The van der Waals surface area contributed by atoms with E-state index in [1.807, 2.05) is 0 Å². The zero-order valence-electron chi connectivity index (χ0n) is 27.8. The summed E-state index contributed by atoms with van der Waals surface area (Å²) >= 11 is 0. The van der Waals surface area contributed by atoms with Crippen LogP contribution in [0.15, 0.2) is 207 Å². The molecule has 0 spiro atoms. The molecule has 4 heterocycles. The van der Waals surface area contributed by atoms with E-state index in [9.17, 15) is 0 Å². The van der Waals surface area contributed by atoms with Crippen LogP contribution in [0.4, 0.5) is 34.1 Å². The van der Waals surface area contributed by atoms with Crippen LogP contribution in [-0.2, 0) is 0 Å². The minimum absolute atomic E-state index is 1.07. The summed E-state index contributed by atoms with van der Waals surface area (Å²) in [5.74, 6) is 0. The first kappa shape index (κ1) is 29.2. The van der Waals surface area contributed by atoms with E-state index in [-0.39, 0.29) is 0 Å². The van der Waals surface area contributed by atoms with E-state index in [4.69, 9.17) is 0 Å². The first-order valence-electron chi connectivity index (χ1n) is 17.3. The molecule has 0 saturated heterocycles. The summed E-state index contributed by atoms with van der Waals surface area (Å²) in [7, 11) is -2.71. The molecular formula is C44H34N6Si. The molecule has 51 heavy (non-hydrogen) atoms. The molecule has 244 valence electrons. The topological polar surface area (TPSA) is 19.4 Å². The second-order valence-electron chi connectivity index (χ2n) is 12.9. The lowest BCUT2D eigenvalue weighted by atomic mass is 10.2. The van der Waals surface area contributed by atoms with Gasteiger partial charge in [-0.05, 0) is 87.5 Å². The van der Waals surface area contributed by atoms with Gasteiger partial charge in [-0.3, -0.25) is 0 Å². The highest BCUT2D eigenvalue weighted by atomic mass is 28.3. The Bertz CT molecular complexity index is 2280. The fourth-order valence-electron chi connectivity index (χ4n) is 8.02. The van der Waals surface area contributed by atoms with Gasteiger partial charge < -0.3 is 0 Å². The van der Waals surface area contributed by atoms with E-state index in [0.717, 1.165) is 34.1 Å². The minimum Gasteiger partial charge on any atom is -0.240 e. The van der Waals surface area contributed by atoms with E-state index in [0.29, 0.717) is 0 Å². The van der Waals surface area contributed by atoms with E-state index >= 15 is 0 Å². The van der Waals surface area contributed by atoms with Gasteiger partial charge in [0.05, 0.1) is 34.1 Å². The van der Waals surface area contributed by atoms with Crippen molar-refractivity contribution in [3.05, 3.63) is 207 Å². The number of hydrogen-bond acceptors (Lipinski definition) is 6. The SMILES string of the molecule is C1=CN2c3ccccc3N(c3ccc4c(c3)N3C=CC=CN3N4c3cccc([Si](c4ccccc4)(c4ccccc4)c4ccccc4)c3)N2C=C1. The van der Waals surface area contributed by atoms with Crippen LogP contribution in [0.25, 0.3) is 0 Å². The van der Waals surface area contributed by atoms with Crippen LogP contribution in [0.3, 0.4) is 0 Å². The summed E-state index contributed by atoms with van der Waals surface area (Å²) in [4.78, 5) is 0. The Balaban J connectivity index is 1.13. The lowest BCUT2D eigenvalue weighted by molar-refractivity contribution is 0.406. The number of hydrazine groups is 4. The van der Waals surface area contributed by atoms with E-state index in [1.54, 1.807) is 0 Å². The summed E-state index contributed by atoms with van der Waals surface area (Å²) in [6.45, 7) is 0. The molecule has 0 N–H and O–H groups in total. The van der Waals surface area contributed by atoms with Crippen molar-refractivity contribution in [3.63, 3.8) is 0 Å². The number of fused-ring (bicyclic) bond motifs is 6. The number of rotatable bonds is 6. The second kappa shape index (κ2) is 11.7. The highest BCUT2D eigenvalue weighted by Crippen LogP contribution is 2.50. The van der Waals surface area contributed by atoms with Crippen LogP contribution in [0.1, 0.15) is 0 Å². The lowest BCUT2D eigenvalue weighted by Crippen LogP contribution is -2.74. The Hall–Kier alpha value is -6.70.